The van der Waals surface area contributed by atoms with E-state index in [4.69, 9.17) is 10.5 Å². The second-order valence-electron chi connectivity index (χ2n) is 7.81. The second-order valence-corrected chi connectivity index (χ2v) is 7.81. The molecular formula is C20H31Cl2N3O2. The monoisotopic (exact) mass is 415 g/mol. The van der Waals surface area contributed by atoms with Crippen molar-refractivity contribution in [1.29, 1.82) is 0 Å². The Morgan fingerprint density at radius 3 is 2.44 bits per heavy atom. The van der Waals surface area contributed by atoms with Crippen LogP contribution >= 0.6 is 24.8 Å². The minimum atomic E-state index is 0. The number of nitrogens with one attached hydrogen (secondary N) is 1. The highest BCUT2D eigenvalue weighted by atomic mass is 35.5. The number of carbonyl (C=O) groups is 1. The van der Waals surface area contributed by atoms with Gasteiger partial charge in [0.1, 0.15) is 0 Å². The van der Waals surface area contributed by atoms with Crippen LogP contribution in [0.5, 0.6) is 0 Å². The molecule has 1 saturated heterocycles. The van der Waals surface area contributed by atoms with Crippen molar-refractivity contribution in [2.45, 2.75) is 38.4 Å². The molecule has 1 heterocycles. The maximum absolute atomic E-state index is 12.7. The number of rotatable bonds is 5. The Morgan fingerprint density at radius 1 is 1.11 bits per heavy atom. The molecule has 0 spiro atoms. The summed E-state index contributed by atoms with van der Waals surface area (Å²) in [7, 11) is 0. The molecular weight excluding hydrogens is 385 g/mol. The van der Waals surface area contributed by atoms with Crippen LogP contribution in [0.25, 0.3) is 0 Å². The zero-order valence-corrected chi connectivity index (χ0v) is 17.3. The molecule has 0 radical (unpaired) electrons. The molecule has 27 heavy (non-hydrogen) atoms. The third kappa shape index (κ3) is 4.96. The number of hydrogen-bond acceptors (Lipinski definition) is 4. The van der Waals surface area contributed by atoms with Gasteiger partial charge >= 0.3 is 0 Å². The van der Waals surface area contributed by atoms with Gasteiger partial charge in [-0.05, 0) is 42.2 Å². The maximum atomic E-state index is 12.7. The lowest BCUT2D eigenvalue weighted by Gasteiger charge is -2.28. The van der Waals surface area contributed by atoms with Crippen LogP contribution in [0.15, 0.2) is 24.3 Å². The van der Waals surface area contributed by atoms with Crippen molar-refractivity contribution < 1.29 is 9.53 Å². The van der Waals surface area contributed by atoms with Crippen LogP contribution in [0.2, 0.25) is 0 Å². The third-order valence-corrected chi connectivity index (χ3v) is 6.35. The van der Waals surface area contributed by atoms with Gasteiger partial charge in [0, 0.05) is 32.2 Å². The smallest absolute Gasteiger partial charge is 0.225 e. The van der Waals surface area contributed by atoms with Crippen molar-refractivity contribution >= 4 is 30.7 Å². The quantitative estimate of drug-likeness (QED) is 0.774. The van der Waals surface area contributed by atoms with Gasteiger partial charge in [-0.1, -0.05) is 24.3 Å². The van der Waals surface area contributed by atoms with Crippen LogP contribution in [0.1, 0.15) is 30.4 Å². The molecule has 4 atom stereocenters. The summed E-state index contributed by atoms with van der Waals surface area (Å²) in [6.45, 7) is 5.08. The molecule has 1 amide bonds. The number of nitrogens with zero attached hydrogens (tertiary/aromatic N) is 1. The Kier molecular flexibility index (Phi) is 8.38. The van der Waals surface area contributed by atoms with Crippen molar-refractivity contribution in [3.8, 4) is 0 Å². The number of ether oxygens (including phenoxy) is 1. The number of halogens is 2. The first-order valence-corrected chi connectivity index (χ1v) is 9.62. The van der Waals surface area contributed by atoms with Gasteiger partial charge in [0.05, 0.1) is 19.1 Å². The van der Waals surface area contributed by atoms with Crippen LogP contribution in [-0.4, -0.2) is 43.2 Å². The van der Waals surface area contributed by atoms with Gasteiger partial charge in [-0.25, -0.2) is 0 Å². The van der Waals surface area contributed by atoms with E-state index in [0.717, 1.165) is 39.3 Å². The normalized spacial score (nSPS) is 29.7. The predicted octanol–water partition coefficient (Wildman–Crippen LogP) is 2.35. The van der Waals surface area contributed by atoms with Crippen molar-refractivity contribution in [2.75, 3.05) is 26.3 Å². The zero-order chi connectivity index (χ0) is 17.2. The van der Waals surface area contributed by atoms with Gasteiger partial charge in [0.25, 0.3) is 0 Å². The third-order valence-electron chi connectivity index (χ3n) is 6.35. The fourth-order valence-corrected chi connectivity index (χ4v) is 4.91. The van der Waals surface area contributed by atoms with Crippen LogP contribution in [0, 0.1) is 17.8 Å². The molecule has 1 aromatic rings. The lowest BCUT2D eigenvalue weighted by molar-refractivity contribution is -0.127. The summed E-state index contributed by atoms with van der Waals surface area (Å²) in [4.78, 5) is 15.1. The van der Waals surface area contributed by atoms with Crippen LogP contribution in [0.4, 0.5) is 0 Å². The summed E-state index contributed by atoms with van der Waals surface area (Å²) < 4.78 is 5.43. The Hall–Kier alpha value is -0.850. The lowest BCUT2D eigenvalue weighted by atomic mass is 9.84. The largest absolute Gasteiger partial charge is 0.379 e. The minimum Gasteiger partial charge on any atom is -0.379 e. The molecule has 2 bridgehead atoms. The number of hydrogen-bond donors (Lipinski definition) is 2. The second kappa shape index (κ2) is 10.1. The highest BCUT2D eigenvalue weighted by Crippen LogP contribution is 2.47. The molecule has 3 aliphatic rings. The summed E-state index contributed by atoms with van der Waals surface area (Å²) in [5.41, 5.74) is 8.81. The van der Waals surface area contributed by atoms with Gasteiger partial charge in [0.2, 0.25) is 5.91 Å². The molecule has 3 N–H and O–H groups in total. The van der Waals surface area contributed by atoms with E-state index in [1.54, 1.807) is 0 Å². The van der Waals surface area contributed by atoms with E-state index in [1.807, 2.05) is 6.07 Å². The molecule has 1 aliphatic heterocycles. The molecule has 1 aromatic carbocycles. The van der Waals surface area contributed by atoms with Crippen LogP contribution < -0.4 is 11.1 Å². The first-order chi connectivity index (χ1) is 12.2. The van der Waals surface area contributed by atoms with E-state index in [1.165, 1.54) is 24.0 Å². The number of fused-ring (bicyclic) bond motifs is 2. The van der Waals surface area contributed by atoms with Gasteiger partial charge in [-0.3, -0.25) is 9.69 Å². The van der Waals surface area contributed by atoms with Crippen LogP contribution in [0.3, 0.4) is 0 Å². The van der Waals surface area contributed by atoms with E-state index in [0.29, 0.717) is 18.4 Å². The molecule has 2 aliphatic carbocycles. The van der Waals surface area contributed by atoms with Gasteiger partial charge in [-0.2, -0.15) is 0 Å². The van der Waals surface area contributed by atoms with E-state index in [-0.39, 0.29) is 42.7 Å². The topological polar surface area (TPSA) is 67.6 Å². The summed E-state index contributed by atoms with van der Waals surface area (Å²) in [5.74, 6) is 1.24. The number of carbonyl (C=O) groups excluding carboxylic acids is 1. The van der Waals surface area contributed by atoms with E-state index in [9.17, 15) is 4.79 Å². The molecule has 4 rings (SSSR count). The lowest BCUT2D eigenvalue weighted by Crippen LogP contribution is -2.45. The Labute approximate surface area is 174 Å². The number of amides is 1. The SMILES string of the molecule is Cl.Cl.NC1C2CCC(C2)C1C(=O)NCc1ccccc1CN1CCOCC1. The van der Waals surface area contributed by atoms with Crippen molar-refractivity contribution in [1.82, 2.24) is 10.2 Å². The number of morpholine rings is 1. The van der Waals surface area contributed by atoms with E-state index < -0.39 is 0 Å². The van der Waals surface area contributed by atoms with Crippen LogP contribution in [-0.2, 0) is 22.6 Å². The minimum absolute atomic E-state index is 0. The molecule has 2 saturated carbocycles. The Bertz CT molecular complexity index is 623. The van der Waals surface area contributed by atoms with Gasteiger partial charge in [-0.15, -0.1) is 24.8 Å². The highest BCUT2D eigenvalue weighted by Gasteiger charge is 2.48. The molecule has 4 unspecified atom stereocenters. The summed E-state index contributed by atoms with van der Waals surface area (Å²) in [6.07, 6.45) is 3.52. The predicted molar refractivity (Wildman–Crippen MR) is 111 cm³/mol. The summed E-state index contributed by atoms with van der Waals surface area (Å²) >= 11 is 0. The molecule has 0 aromatic heterocycles. The fraction of sp³-hybridized carbons (Fsp3) is 0.650. The summed E-state index contributed by atoms with van der Waals surface area (Å²) in [5, 5.41) is 3.17. The molecule has 5 nitrogen and oxygen atoms in total. The van der Waals surface area contributed by atoms with Crippen molar-refractivity contribution in [2.24, 2.45) is 23.5 Å². The standard InChI is InChI=1S/C20H29N3O2.2ClH/c21-19-15-6-5-14(11-15)18(19)20(24)22-12-16-3-1-2-4-17(16)13-23-7-9-25-10-8-23;;/h1-4,14-15,18-19H,5-13,21H2,(H,22,24);2*1H. The molecule has 3 fully saturated rings. The average molecular weight is 416 g/mol. The first-order valence-electron chi connectivity index (χ1n) is 9.62. The van der Waals surface area contributed by atoms with Gasteiger partial charge < -0.3 is 15.8 Å². The van der Waals surface area contributed by atoms with E-state index in [2.05, 4.69) is 28.4 Å². The van der Waals surface area contributed by atoms with Crippen molar-refractivity contribution in [3.63, 3.8) is 0 Å². The Balaban J connectivity index is 0.00000131. The van der Waals surface area contributed by atoms with Gasteiger partial charge in [0.15, 0.2) is 0 Å². The number of benzene rings is 1. The zero-order valence-electron chi connectivity index (χ0n) is 15.6. The number of nitrogens with two attached hydrogens (primary N) is 1. The fourth-order valence-electron chi connectivity index (χ4n) is 4.91. The Morgan fingerprint density at radius 2 is 1.78 bits per heavy atom. The maximum Gasteiger partial charge on any atom is 0.225 e. The summed E-state index contributed by atoms with van der Waals surface area (Å²) in [6, 6.07) is 8.47. The first kappa shape index (κ1) is 22.4. The average Bonchev–Trinajstić information content (AvgIpc) is 3.23. The highest BCUT2D eigenvalue weighted by molar-refractivity contribution is 5.85. The van der Waals surface area contributed by atoms with Crippen molar-refractivity contribution in [3.05, 3.63) is 35.4 Å². The molecule has 152 valence electrons. The van der Waals surface area contributed by atoms with E-state index >= 15 is 0 Å². The molecule has 7 heteroatoms.